The number of thiophene rings is 1. The molecular formula is C23H19BrN2O3S. The van der Waals surface area contributed by atoms with Crippen molar-refractivity contribution in [2.24, 2.45) is 0 Å². The third-order valence-corrected chi connectivity index (χ3v) is 6.34. The zero-order chi connectivity index (χ0) is 21.3. The lowest BCUT2D eigenvalue weighted by Gasteiger charge is -2.14. The van der Waals surface area contributed by atoms with Gasteiger partial charge >= 0.3 is 5.97 Å². The highest BCUT2D eigenvalue weighted by Gasteiger charge is 2.23. The van der Waals surface area contributed by atoms with Crippen molar-refractivity contribution in [3.8, 4) is 11.4 Å². The van der Waals surface area contributed by atoms with Crippen LogP contribution in [0.15, 0.2) is 63.9 Å². The number of ether oxygens (including phenoxy) is 1. The van der Waals surface area contributed by atoms with Gasteiger partial charge in [0.15, 0.2) is 0 Å². The second-order valence-corrected chi connectivity index (χ2v) is 8.89. The molecule has 5 nitrogen and oxygen atoms in total. The number of aryl methyl sites for hydroxylation is 1. The van der Waals surface area contributed by atoms with Crippen molar-refractivity contribution in [1.29, 1.82) is 0 Å². The fraction of sp³-hybridized carbons (Fsp3) is 0.174. The maximum Gasteiger partial charge on any atom is 0.350 e. The van der Waals surface area contributed by atoms with Gasteiger partial charge in [0.1, 0.15) is 16.2 Å². The van der Waals surface area contributed by atoms with Gasteiger partial charge < -0.3 is 4.74 Å². The van der Waals surface area contributed by atoms with Gasteiger partial charge in [0.2, 0.25) is 0 Å². The predicted octanol–water partition coefficient (Wildman–Crippen LogP) is 5.42. The lowest BCUT2D eigenvalue weighted by Crippen LogP contribution is -2.24. The first-order chi connectivity index (χ1) is 14.5. The first kappa shape index (κ1) is 20.5. The van der Waals surface area contributed by atoms with Crippen LogP contribution in [-0.2, 0) is 11.3 Å². The van der Waals surface area contributed by atoms with Gasteiger partial charge in [-0.1, -0.05) is 58.4 Å². The number of esters is 1. The molecule has 4 aromatic rings. The van der Waals surface area contributed by atoms with Crippen molar-refractivity contribution >= 4 is 44.1 Å². The van der Waals surface area contributed by atoms with Gasteiger partial charge in [-0.25, -0.2) is 9.78 Å². The fourth-order valence-corrected chi connectivity index (χ4v) is 4.60. The Bertz CT molecular complexity index is 1280. The van der Waals surface area contributed by atoms with Crippen molar-refractivity contribution in [2.75, 3.05) is 6.61 Å². The van der Waals surface area contributed by atoms with Crippen LogP contribution in [0.4, 0.5) is 0 Å². The van der Waals surface area contributed by atoms with E-state index >= 15 is 0 Å². The van der Waals surface area contributed by atoms with Crippen LogP contribution in [0.3, 0.4) is 0 Å². The van der Waals surface area contributed by atoms with Gasteiger partial charge in [-0.2, -0.15) is 0 Å². The van der Waals surface area contributed by atoms with E-state index in [2.05, 4.69) is 15.9 Å². The molecule has 0 spiro atoms. The molecule has 0 N–H and O–H groups in total. The van der Waals surface area contributed by atoms with Crippen LogP contribution >= 0.6 is 27.3 Å². The minimum Gasteiger partial charge on any atom is -0.462 e. The zero-order valence-electron chi connectivity index (χ0n) is 16.5. The second kappa shape index (κ2) is 8.53. The number of aromatic nitrogens is 2. The smallest absolute Gasteiger partial charge is 0.350 e. The molecule has 7 heteroatoms. The molecule has 0 unspecified atom stereocenters. The normalized spacial score (nSPS) is 11.0. The molecule has 0 aliphatic heterocycles. The molecule has 0 saturated heterocycles. The van der Waals surface area contributed by atoms with Gasteiger partial charge in [0.05, 0.1) is 18.5 Å². The molecule has 30 heavy (non-hydrogen) atoms. The molecule has 2 heterocycles. The lowest BCUT2D eigenvalue weighted by atomic mass is 10.1. The van der Waals surface area contributed by atoms with Gasteiger partial charge in [-0.3, -0.25) is 9.36 Å². The van der Waals surface area contributed by atoms with Crippen molar-refractivity contribution in [3.05, 3.63) is 84.7 Å². The number of halogens is 1. The van der Waals surface area contributed by atoms with Crippen LogP contribution in [0.5, 0.6) is 0 Å². The first-order valence-corrected chi connectivity index (χ1v) is 11.1. The summed E-state index contributed by atoms with van der Waals surface area (Å²) in [6.45, 7) is 4.25. The third-order valence-electron chi connectivity index (χ3n) is 4.74. The molecule has 0 saturated carbocycles. The molecule has 0 aliphatic rings. The van der Waals surface area contributed by atoms with E-state index in [0.29, 0.717) is 28.1 Å². The average Bonchev–Trinajstić information content (AvgIpc) is 3.08. The fourth-order valence-electron chi connectivity index (χ4n) is 3.36. The van der Waals surface area contributed by atoms with Crippen LogP contribution in [0.2, 0.25) is 0 Å². The van der Waals surface area contributed by atoms with E-state index in [-0.39, 0.29) is 12.2 Å². The standard InChI is InChI=1S/C23H19BrN2O3S/c1-3-29-23(28)20-19-18(14(2)30-20)22(27)26(13-15-7-5-4-6-8-15)21(25-19)16-9-11-17(24)12-10-16/h4-12H,3,13H2,1-2H3. The highest BCUT2D eigenvalue weighted by molar-refractivity contribution is 9.10. The summed E-state index contributed by atoms with van der Waals surface area (Å²) in [5.41, 5.74) is 2.04. The Morgan fingerprint density at radius 1 is 1.13 bits per heavy atom. The Labute approximate surface area is 186 Å². The van der Waals surface area contributed by atoms with Crippen LogP contribution in [-0.4, -0.2) is 22.1 Å². The molecule has 0 fully saturated rings. The lowest BCUT2D eigenvalue weighted by molar-refractivity contribution is 0.0534. The van der Waals surface area contributed by atoms with Crippen LogP contribution in [0.1, 0.15) is 27.0 Å². The Morgan fingerprint density at radius 2 is 1.83 bits per heavy atom. The number of hydrogen-bond donors (Lipinski definition) is 0. The molecule has 4 rings (SSSR count). The van der Waals surface area contributed by atoms with Crippen LogP contribution in [0.25, 0.3) is 22.3 Å². The summed E-state index contributed by atoms with van der Waals surface area (Å²) in [4.78, 5) is 32.0. The van der Waals surface area contributed by atoms with E-state index in [9.17, 15) is 9.59 Å². The molecular weight excluding hydrogens is 464 g/mol. The first-order valence-electron chi connectivity index (χ1n) is 9.50. The third kappa shape index (κ3) is 3.82. The van der Waals surface area contributed by atoms with Crippen molar-refractivity contribution < 1.29 is 9.53 Å². The number of carbonyl (C=O) groups is 1. The van der Waals surface area contributed by atoms with Gasteiger partial charge in [0, 0.05) is 14.9 Å². The van der Waals surface area contributed by atoms with Gasteiger partial charge in [-0.05, 0) is 31.5 Å². The van der Waals surface area contributed by atoms with E-state index in [1.165, 1.54) is 11.3 Å². The molecule has 0 atom stereocenters. The topological polar surface area (TPSA) is 61.2 Å². The average molecular weight is 483 g/mol. The quantitative estimate of drug-likeness (QED) is 0.356. The maximum atomic E-state index is 13.6. The number of benzene rings is 2. The molecule has 0 aliphatic carbocycles. The van der Waals surface area contributed by atoms with Crippen molar-refractivity contribution in [1.82, 2.24) is 9.55 Å². The van der Waals surface area contributed by atoms with E-state index in [1.807, 2.05) is 61.5 Å². The number of fused-ring (bicyclic) bond motifs is 1. The zero-order valence-corrected chi connectivity index (χ0v) is 18.9. The molecule has 0 bridgehead atoms. The van der Waals surface area contributed by atoms with Crippen molar-refractivity contribution in [3.63, 3.8) is 0 Å². The number of carbonyl (C=O) groups excluding carboxylic acids is 1. The number of hydrogen-bond acceptors (Lipinski definition) is 5. The summed E-state index contributed by atoms with van der Waals surface area (Å²) in [5, 5.41) is 0.472. The van der Waals surface area contributed by atoms with E-state index < -0.39 is 5.97 Å². The Kier molecular flexibility index (Phi) is 5.83. The SMILES string of the molecule is CCOC(=O)c1sc(C)c2c(=O)n(Cc3ccccc3)c(-c3ccc(Br)cc3)nc12. The van der Waals surface area contributed by atoms with Crippen LogP contribution < -0.4 is 5.56 Å². The summed E-state index contributed by atoms with van der Waals surface area (Å²) < 4.78 is 7.80. The van der Waals surface area contributed by atoms with Crippen molar-refractivity contribution in [2.45, 2.75) is 20.4 Å². The predicted molar refractivity (Wildman–Crippen MR) is 123 cm³/mol. The Balaban J connectivity index is 2.00. The van der Waals surface area contributed by atoms with Gasteiger partial charge in [-0.15, -0.1) is 11.3 Å². The summed E-state index contributed by atoms with van der Waals surface area (Å²) >= 11 is 4.70. The second-order valence-electron chi connectivity index (χ2n) is 6.75. The summed E-state index contributed by atoms with van der Waals surface area (Å²) in [6.07, 6.45) is 0. The highest BCUT2D eigenvalue weighted by Crippen LogP contribution is 2.30. The highest BCUT2D eigenvalue weighted by atomic mass is 79.9. The number of rotatable bonds is 5. The van der Waals surface area contributed by atoms with E-state index in [1.54, 1.807) is 11.5 Å². The van der Waals surface area contributed by atoms with Gasteiger partial charge in [0.25, 0.3) is 5.56 Å². The maximum absolute atomic E-state index is 13.6. The summed E-state index contributed by atoms with van der Waals surface area (Å²) in [6, 6.07) is 17.4. The Morgan fingerprint density at radius 3 is 2.50 bits per heavy atom. The summed E-state index contributed by atoms with van der Waals surface area (Å²) in [5.74, 6) is 0.0715. The molecule has 2 aromatic carbocycles. The molecule has 2 aromatic heterocycles. The minimum atomic E-state index is -0.449. The van der Waals surface area contributed by atoms with E-state index in [4.69, 9.17) is 9.72 Å². The largest absolute Gasteiger partial charge is 0.462 e. The molecule has 0 amide bonds. The Hall–Kier alpha value is -2.77. The monoisotopic (exact) mass is 482 g/mol. The summed E-state index contributed by atoms with van der Waals surface area (Å²) in [7, 11) is 0. The molecule has 0 radical (unpaired) electrons. The number of nitrogens with zero attached hydrogens (tertiary/aromatic N) is 2. The molecule has 152 valence electrons. The van der Waals surface area contributed by atoms with E-state index in [0.717, 1.165) is 20.5 Å². The minimum absolute atomic E-state index is 0.161. The van der Waals surface area contributed by atoms with Crippen LogP contribution in [0, 0.1) is 6.92 Å².